The number of methoxy groups -OCH3 is 1. The van der Waals surface area contributed by atoms with Gasteiger partial charge in [0.15, 0.2) is 6.79 Å². The lowest BCUT2D eigenvalue weighted by Crippen LogP contribution is -2.37. The van der Waals surface area contributed by atoms with E-state index in [1.807, 2.05) is 0 Å². The van der Waals surface area contributed by atoms with Gasteiger partial charge in [-0.2, -0.15) is 4.89 Å². The van der Waals surface area contributed by atoms with Crippen molar-refractivity contribution in [3.05, 3.63) is 0 Å². The monoisotopic (exact) mass is 174 g/mol. The topological polar surface area (TPSA) is 36.9 Å². The van der Waals surface area contributed by atoms with E-state index in [0.29, 0.717) is 6.10 Å². The molecule has 0 aromatic carbocycles. The summed E-state index contributed by atoms with van der Waals surface area (Å²) in [4.78, 5) is 9.84. The van der Waals surface area contributed by atoms with Crippen LogP contribution in [-0.2, 0) is 19.2 Å². The second kappa shape index (κ2) is 3.30. The second-order valence-electron chi connectivity index (χ2n) is 3.31. The first-order chi connectivity index (χ1) is 5.85. The van der Waals surface area contributed by atoms with Crippen LogP contribution in [0.25, 0.3) is 0 Å². The average Bonchev–Trinajstić information content (AvgIpc) is 2.55. The minimum absolute atomic E-state index is 0.262. The molecule has 1 heterocycles. The van der Waals surface area contributed by atoms with Gasteiger partial charge in [-0.05, 0) is 12.8 Å². The molecule has 0 unspecified atom stereocenters. The molecular formula is C8H14O4. The van der Waals surface area contributed by atoms with Crippen molar-refractivity contribution in [2.45, 2.75) is 37.6 Å². The molecule has 0 aromatic rings. The first-order valence-corrected chi connectivity index (χ1v) is 4.32. The molecule has 4 nitrogen and oxygen atoms in total. The van der Waals surface area contributed by atoms with Crippen LogP contribution in [0.2, 0.25) is 0 Å². The molecule has 2 aliphatic rings. The van der Waals surface area contributed by atoms with Crippen LogP contribution in [-0.4, -0.2) is 25.8 Å². The largest absolute Gasteiger partial charge is 0.381 e. The summed E-state index contributed by atoms with van der Waals surface area (Å²) in [6.07, 6.45) is 4.07. The van der Waals surface area contributed by atoms with E-state index in [9.17, 15) is 0 Å². The molecular weight excluding hydrogens is 160 g/mol. The molecule has 0 atom stereocenters. The molecule has 1 aliphatic carbocycles. The maximum atomic E-state index is 5.37. The first kappa shape index (κ1) is 8.44. The standard InChI is InChI=1S/C8H14O4/c1-9-7-2-4-8(5-3-7)10-6-11-12-8/h7H,2-6H2,1H3. The summed E-state index contributed by atoms with van der Waals surface area (Å²) in [5.41, 5.74) is 0. The molecule has 1 saturated carbocycles. The second-order valence-corrected chi connectivity index (χ2v) is 3.31. The Morgan fingerprint density at radius 2 is 2.08 bits per heavy atom. The summed E-state index contributed by atoms with van der Waals surface area (Å²) >= 11 is 0. The summed E-state index contributed by atoms with van der Waals surface area (Å²) in [5.74, 6) is -0.449. The minimum atomic E-state index is -0.449. The first-order valence-electron chi connectivity index (χ1n) is 4.32. The van der Waals surface area contributed by atoms with Gasteiger partial charge < -0.3 is 9.47 Å². The summed E-state index contributed by atoms with van der Waals surface area (Å²) in [6, 6.07) is 0. The molecule has 0 radical (unpaired) electrons. The maximum absolute atomic E-state index is 5.37. The molecule has 1 aliphatic heterocycles. The van der Waals surface area contributed by atoms with Gasteiger partial charge in [-0.25, -0.2) is 4.89 Å². The number of ether oxygens (including phenoxy) is 2. The maximum Gasteiger partial charge on any atom is 0.204 e. The van der Waals surface area contributed by atoms with Crippen molar-refractivity contribution in [3.8, 4) is 0 Å². The minimum Gasteiger partial charge on any atom is -0.381 e. The van der Waals surface area contributed by atoms with E-state index < -0.39 is 5.79 Å². The molecule has 0 aromatic heterocycles. The predicted octanol–water partition coefficient (Wildman–Crippen LogP) is 1.21. The highest BCUT2D eigenvalue weighted by Gasteiger charge is 2.42. The highest BCUT2D eigenvalue weighted by molar-refractivity contribution is 4.80. The fraction of sp³-hybridized carbons (Fsp3) is 1.00. The SMILES string of the molecule is COC1CCC2(CC1)OCOO2. The van der Waals surface area contributed by atoms with Crippen molar-refractivity contribution < 1.29 is 19.2 Å². The zero-order valence-electron chi connectivity index (χ0n) is 7.25. The Morgan fingerprint density at radius 3 is 2.58 bits per heavy atom. The van der Waals surface area contributed by atoms with E-state index in [-0.39, 0.29) is 6.79 Å². The Hall–Kier alpha value is -0.160. The molecule has 0 N–H and O–H groups in total. The van der Waals surface area contributed by atoms with Gasteiger partial charge in [0.2, 0.25) is 5.79 Å². The Kier molecular flexibility index (Phi) is 2.32. The zero-order chi connectivity index (χ0) is 8.44. The van der Waals surface area contributed by atoms with E-state index in [1.54, 1.807) is 7.11 Å². The average molecular weight is 174 g/mol. The van der Waals surface area contributed by atoms with Crippen LogP contribution in [0.3, 0.4) is 0 Å². The smallest absolute Gasteiger partial charge is 0.204 e. The van der Waals surface area contributed by atoms with Gasteiger partial charge in [0, 0.05) is 20.0 Å². The van der Waals surface area contributed by atoms with Gasteiger partial charge in [0.1, 0.15) is 0 Å². The van der Waals surface area contributed by atoms with Crippen molar-refractivity contribution in [1.82, 2.24) is 0 Å². The molecule has 0 amide bonds. The molecule has 12 heavy (non-hydrogen) atoms. The number of hydrogen-bond donors (Lipinski definition) is 0. The quantitative estimate of drug-likeness (QED) is 0.560. The van der Waals surface area contributed by atoms with Crippen LogP contribution in [0.1, 0.15) is 25.7 Å². The highest BCUT2D eigenvalue weighted by Crippen LogP contribution is 2.36. The lowest BCUT2D eigenvalue weighted by Gasteiger charge is -2.32. The third-order valence-corrected chi connectivity index (χ3v) is 2.61. The molecule has 4 heteroatoms. The lowest BCUT2D eigenvalue weighted by atomic mass is 9.92. The van der Waals surface area contributed by atoms with Gasteiger partial charge >= 0.3 is 0 Å². The predicted molar refractivity (Wildman–Crippen MR) is 40.1 cm³/mol. The van der Waals surface area contributed by atoms with Crippen LogP contribution in [0.5, 0.6) is 0 Å². The molecule has 70 valence electrons. The van der Waals surface area contributed by atoms with Crippen molar-refractivity contribution in [2.75, 3.05) is 13.9 Å². The molecule has 2 rings (SSSR count). The van der Waals surface area contributed by atoms with Crippen molar-refractivity contribution in [2.24, 2.45) is 0 Å². The van der Waals surface area contributed by atoms with E-state index in [0.717, 1.165) is 25.7 Å². The number of rotatable bonds is 1. The van der Waals surface area contributed by atoms with Crippen LogP contribution < -0.4 is 0 Å². The lowest BCUT2D eigenvalue weighted by molar-refractivity contribution is -0.331. The van der Waals surface area contributed by atoms with Crippen molar-refractivity contribution >= 4 is 0 Å². The van der Waals surface area contributed by atoms with E-state index in [2.05, 4.69) is 0 Å². The Morgan fingerprint density at radius 1 is 1.33 bits per heavy atom. The number of hydrogen-bond acceptors (Lipinski definition) is 4. The Balaban J connectivity index is 1.88. The zero-order valence-corrected chi connectivity index (χ0v) is 7.25. The van der Waals surface area contributed by atoms with Gasteiger partial charge in [0.25, 0.3) is 0 Å². The van der Waals surface area contributed by atoms with Crippen LogP contribution in [0.15, 0.2) is 0 Å². The molecule has 1 spiro atoms. The van der Waals surface area contributed by atoms with Gasteiger partial charge in [0.05, 0.1) is 6.10 Å². The fourth-order valence-corrected chi connectivity index (χ4v) is 1.78. The fourth-order valence-electron chi connectivity index (χ4n) is 1.78. The van der Waals surface area contributed by atoms with E-state index in [1.165, 1.54) is 0 Å². The van der Waals surface area contributed by atoms with Crippen LogP contribution >= 0.6 is 0 Å². The summed E-state index contributed by atoms with van der Waals surface area (Å²) in [6.45, 7) is 0.262. The molecule has 2 fully saturated rings. The van der Waals surface area contributed by atoms with Gasteiger partial charge in [-0.1, -0.05) is 0 Å². The summed E-state index contributed by atoms with van der Waals surface area (Å²) in [7, 11) is 1.75. The van der Waals surface area contributed by atoms with E-state index >= 15 is 0 Å². The third kappa shape index (κ3) is 1.47. The molecule has 1 saturated heterocycles. The van der Waals surface area contributed by atoms with E-state index in [4.69, 9.17) is 19.2 Å². The van der Waals surface area contributed by atoms with Crippen LogP contribution in [0.4, 0.5) is 0 Å². The Bertz CT molecular complexity index is 143. The van der Waals surface area contributed by atoms with Crippen LogP contribution in [0, 0.1) is 0 Å². The Labute approximate surface area is 71.7 Å². The molecule has 0 bridgehead atoms. The van der Waals surface area contributed by atoms with Crippen molar-refractivity contribution in [3.63, 3.8) is 0 Å². The third-order valence-electron chi connectivity index (χ3n) is 2.61. The summed E-state index contributed by atoms with van der Waals surface area (Å²) in [5, 5.41) is 0. The highest BCUT2D eigenvalue weighted by atomic mass is 17.3. The van der Waals surface area contributed by atoms with Gasteiger partial charge in [-0.15, -0.1) is 0 Å². The normalized spacial score (nSPS) is 42.2. The van der Waals surface area contributed by atoms with Crippen molar-refractivity contribution in [1.29, 1.82) is 0 Å². The van der Waals surface area contributed by atoms with Gasteiger partial charge in [-0.3, -0.25) is 0 Å². The summed E-state index contributed by atoms with van der Waals surface area (Å²) < 4.78 is 10.6.